The third kappa shape index (κ3) is 3.27. The Kier molecular flexibility index (Phi) is 4.28. The number of aromatic amines is 1. The number of hydrogen-bond donors (Lipinski definition) is 2. The first-order valence-corrected chi connectivity index (χ1v) is 10.3. The maximum absolute atomic E-state index is 5.44. The first-order valence-electron chi connectivity index (χ1n) is 10.3. The zero-order valence-corrected chi connectivity index (χ0v) is 16.8. The fourth-order valence-electron chi connectivity index (χ4n) is 4.00. The molecule has 1 aliphatic rings. The molecule has 5 aromatic rings. The number of benzene rings is 2. The number of ether oxygens (including phenoxy) is 1. The maximum Gasteiger partial charge on any atom is 0.231 e. The van der Waals surface area contributed by atoms with Gasteiger partial charge in [-0.1, -0.05) is 12.1 Å². The SMILES string of the molecule is c1ccc2c(c1)ncn2-c1nc(Nc2ccc(N3CCOCC3)cc2)nc2[nH]ccc12. The van der Waals surface area contributed by atoms with E-state index in [1.165, 1.54) is 5.69 Å². The van der Waals surface area contributed by atoms with Crippen molar-refractivity contribution in [1.82, 2.24) is 24.5 Å². The topological polar surface area (TPSA) is 83.9 Å². The first kappa shape index (κ1) is 17.9. The van der Waals surface area contributed by atoms with E-state index >= 15 is 0 Å². The van der Waals surface area contributed by atoms with Gasteiger partial charge in [-0.3, -0.25) is 4.57 Å². The molecule has 0 bridgehead atoms. The molecule has 0 spiro atoms. The van der Waals surface area contributed by atoms with E-state index in [2.05, 4.69) is 49.4 Å². The van der Waals surface area contributed by atoms with Gasteiger partial charge in [-0.25, -0.2) is 4.98 Å². The highest BCUT2D eigenvalue weighted by Crippen LogP contribution is 2.26. The molecule has 1 fully saturated rings. The molecule has 0 radical (unpaired) electrons. The molecule has 8 nitrogen and oxygen atoms in total. The van der Waals surface area contributed by atoms with Gasteiger partial charge in [0, 0.05) is 30.7 Å². The molecule has 31 heavy (non-hydrogen) atoms. The van der Waals surface area contributed by atoms with Gasteiger partial charge < -0.3 is 19.9 Å². The first-order chi connectivity index (χ1) is 15.3. The van der Waals surface area contributed by atoms with E-state index in [9.17, 15) is 0 Å². The van der Waals surface area contributed by atoms with Crippen LogP contribution in [0.1, 0.15) is 0 Å². The second kappa shape index (κ2) is 7.41. The smallest absolute Gasteiger partial charge is 0.231 e. The second-order valence-electron chi connectivity index (χ2n) is 7.49. The van der Waals surface area contributed by atoms with Crippen molar-refractivity contribution in [2.45, 2.75) is 0 Å². The minimum atomic E-state index is 0.529. The minimum Gasteiger partial charge on any atom is -0.378 e. The van der Waals surface area contributed by atoms with E-state index in [1.807, 2.05) is 41.1 Å². The molecule has 0 aliphatic carbocycles. The average molecular weight is 411 g/mol. The van der Waals surface area contributed by atoms with Crippen LogP contribution in [0.15, 0.2) is 67.1 Å². The zero-order chi connectivity index (χ0) is 20.6. The molecule has 6 rings (SSSR count). The molecular formula is C23H21N7O. The zero-order valence-electron chi connectivity index (χ0n) is 16.8. The molecule has 0 saturated carbocycles. The molecular weight excluding hydrogens is 390 g/mol. The fourth-order valence-corrected chi connectivity index (χ4v) is 4.00. The number of hydrogen-bond acceptors (Lipinski definition) is 6. The van der Waals surface area contributed by atoms with Gasteiger partial charge in [0.25, 0.3) is 0 Å². The third-order valence-corrected chi connectivity index (χ3v) is 5.58. The van der Waals surface area contributed by atoms with Gasteiger partial charge in [-0.15, -0.1) is 0 Å². The molecule has 1 saturated heterocycles. The molecule has 2 aromatic carbocycles. The number of rotatable bonds is 4. The lowest BCUT2D eigenvalue weighted by Crippen LogP contribution is -2.36. The number of nitrogens with zero attached hydrogens (tertiary/aromatic N) is 5. The summed E-state index contributed by atoms with van der Waals surface area (Å²) in [6, 6.07) is 18.4. The third-order valence-electron chi connectivity index (χ3n) is 5.58. The van der Waals surface area contributed by atoms with Crippen LogP contribution in [0.2, 0.25) is 0 Å². The summed E-state index contributed by atoms with van der Waals surface area (Å²) in [6.07, 6.45) is 3.68. The fraction of sp³-hybridized carbons (Fsp3) is 0.174. The van der Waals surface area contributed by atoms with Gasteiger partial charge in [0.15, 0.2) is 5.82 Å². The van der Waals surface area contributed by atoms with Gasteiger partial charge in [0.2, 0.25) is 5.95 Å². The Labute approximate surface area is 178 Å². The summed E-state index contributed by atoms with van der Waals surface area (Å²) >= 11 is 0. The summed E-state index contributed by atoms with van der Waals surface area (Å²) < 4.78 is 7.44. The summed E-state index contributed by atoms with van der Waals surface area (Å²) in [4.78, 5) is 19.5. The molecule has 8 heteroatoms. The number of anilines is 3. The molecule has 2 N–H and O–H groups in total. The molecule has 0 amide bonds. The number of morpholine rings is 1. The van der Waals surface area contributed by atoms with Gasteiger partial charge in [-0.2, -0.15) is 9.97 Å². The predicted octanol–water partition coefficient (Wildman–Crippen LogP) is 3.88. The highest BCUT2D eigenvalue weighted by Gasteiger charge is 2.14. The van der Waals surface area contributed by atoms with Crippen LogP contribution in [0.3, 0.4) is 0 Å². The number of imidazole rings is 1. The Morgan fingerprint density at radius 2 is 1.77 bits per heavy atom. The quantitative estimate of drug-likeness (QED) is 0.467. The minimum absolute atomic E-state index is 0.529. The van der Waals surface area contributed by atoms with Crippen molar-refractivity contribution in [3.05, 3.63) is 67.1 Å². The van der Waals surface area contributed by atoms with Gasteiger partial charge in [-0.05, 0) is 42.5 Å². The van der Waals surface area contributed by atoms with Crippen LogP contribution >= 0.6 is 0 Å². The Bertz CT molecular complexity index is 1350. The van der Waals surface area contributed by atoms with E-state index in [-0.39, 0.29) is 0 Å². The Morgan fingerprint density at radius 1 is 0.935 bits per heavy atom. The van der Waals surface area contributed by atoms with E-state index < -0.39 is 0 Å². The molecule has 154 valence electrons. The Balaban J connectivity index is 1.35. The molecule has 4 heterocycles. The Morgan fingerprint density at radius 3 is 2.65 bits per heavy atom. The van der Waals surface area contributed by atoms with Crippen molar-refractivity contribution >= 4 is 39.4 Å². The van der Waals surface area contributed by atoms with Crippen molar-refractivity contribution in [2.24, 2.45) is 0 Å². The van der Waals surface area contributed by atoms with Crippen molar-refractivity contribution in [1.29, 1.82) is 0 Å². The summed E-state index contributed by atoms with van der Waals surface area (Å²) in [5.41, 5.74) is 4.84. The number of nitrogens with one attached hydrogen (secondary N) is 2. The van der Waals surface area contributed by atoms with Crippen LogP contribution < -0.4 is 10.2 Å². The van der Waals surface area contributed by atoms with Crippen molar-refractivity contribution < 1.29 is 4.74 Å². The molecule has 1 aliphatic heterocycles. The number of aromatic nitrogens is 5. The van der Waals surface area contributed by atoms with E-state index in [4.69, 9.17) is 9.72 Å². The lowest BCUT2D eigenvalue weighted by atomic mass is 10.2. The van der Waals surface area contributed by atoms with Gasteiger partial charge >= 0.3 is 0 Å². The molecule has 0 atom stereocenters. The molecule has 0 unspecified atom stereocenters. The lowest BCUT2D eigenvalue weighted by Gasteiger charge is -2.28. The normalized spacial score (nSPS) is 14.4. The maximum atomic E-state index is 5.44. The summed E-state index contributed by atoms with van der Waals surface area (Å²) in [6.45, 7) is 3.38. The van der Waals surface area contributed by atoms with Crippen molar-refractivity contribution in [3.8, 4) is 5.82 Å². The summed E-state index contributed by atoms with van der Waals surface area (Å²) in [5.74, 6) is 1.31. The van der Waals surface area contributed by atoms with Gasteiger partial charge in [0.1, 0.15) is 12.0 Å². The summed E-state index contributed by atoms with van der Waals surface area (Å²) in [7, 11) is 0. The Hall–Kier alpha value is -3.91. The summed E-state index contributed by atoms with van der Waals surface area (Å²) in [5, 5.41) is 4.29. The average Bonchev–Trinajstić information content (AvgIpc) is 3.47. The highest BCUT2D eigenvalue weighted by molar-refractivity contribution is 5.87. The predicted molar refractivity (Wildman–Crippen MR) is 121 cm³/mol. The van der Waals surface area contributed by atoms with E-state index in [1.54, 1.807) is 6.33 Å². The van der Waals surface area contributed by atoms with Crippen LogP contribution in [-0.2, 0) is 4.74 Å². The monoisotopic (exact) mass is 411 g/mol. The standard InChI is InChI=1S/C23H21N7O/c1-2-4-20-19(3-1)25-15-30(20)22-18-9-10-24-21(18)27-23(28-22)26-16-5-7-17(8-6-16)29-11-13-31-14-12-29/h1-10,15H,11-14H2,(H2,24,26,27,28). The van der Waals surface area contributed by atoms with Crippen molar-refractivity contribution in [2.75, 3.05) is 36.5 Å². The second-order valence-corrected chi connectivity index (χ2v) is 7.49. The molecule has 3 aromatic heterocycles. The highest BCUT2D eigenvalue weighted by atomic mass is 16.5. The number of fused-ring (bicyclic) bond motifs is 2. The van der Waals surface area contributed by atoms with Crippen molar-refractivity contribution in [3.63, 3.8) is 0 Å². The van der Waals surface area contributed by atoms with E-state index in [0.29, 0.717) is 5.95 Å². The van der Waals surface area contributed by atoms with Crippen LogP contribution in [0.5, 0.6) is 0 Å². The van der Waals surface area contributed by atoms with Gasteiger partial charge in [0.05, 0.1) is 29.6 Å². The van der Waals surface area contributed by atoms with Crippen LogP contribution in [0.4, 0.5) is 17.3 Å². The lowest BCUT2D eigenvalue weighted by molar-refractivity contribution is 0.122. The number of H-pyrrole nitrogens is 1. The number of para-hydroxylation sites is 2. The van der Waals surface area contributed by atoms with Crippen LogP contribution in [-0.4, -0.2) is 50.8 Å². The van der Waals surface area contributed by atoms with Crippen LogP contribution in [0, 0.1) is 0 Å². The largest absolute Gasteiger partial charge is 0.378 e. The van der Waals surface area contributed by atoms with E-state index in [0.717, 1.165) is 59.9 Å². The van der Waals surface area contributed by atoms with Crippen LogP contribution in [0.25, 0.3) is 27.9 Å².